The largest absolute Gasteiger partial charge is 0.381 e. The molecule has 3 nitrogen and oxygen atoms in total. The molecule has 2 heterocycles. The van der Waals surface area contributed by atoms with Crippen LogP contribution in [-0.4, -0.2) is 44.3 Å². The van der Waals surface area contributed by atoms with Crippen molar-refractivity contribution in [3.8, 4) is 0 Å². The topological polar surface area (TPSA) is 38.5 Å². The van der Waals surface area contributed by atoms with Crippen LogP contribution >= 0.6 is 0 Å². The van der Waals surface area contributed by atoms with Crippen molar-refractivity contribution in [2.75, 3.05) is 39.4 Å². The highest BCUT2D eigenvalue weighted by atomic mass is 16.5. The van der Waals surface area contributed by atoms with E-state index in [0.29, 0.717) is 0 Å². The number of nitrogens with zero attached hydrogens (tertiary/aromatic N) is 1. The average molecular weight is 212 g/mol. The summed E-state index contributed by atoms with van der Waals surface area (Å²) < 4.78 is 5.20. The first-order chi connectivity index (χ1) is 7.38. The van der Waals surface area contributed by atoms with Gasteiger partial charge in [-0.2, -0.15) is 0 Å². The van der Waals surface area contributed by atoms with Gasteiger partial charge in [0.1, 0.15) is 0 Å². The fraction of sp³-hybridized carbons (Fsp3) is 1.00. The lowest BCUT2D eigenvalue weighted by atomic mass is 10.0. The molecular weight excluding hydrogens is 188 g/mol. The highest BCUT2D eigenvalue weighted by molar-refractivity contribution is 4.73. The second-order valence-corrected chi connectivity index (χ2v) is 5.07. The number of ether oxygens (including phenoxy) is 1. The van der Waals surface area contributed by atoms with E-state index in [1.165, 1.54) is 45.3 Å². The summed E-state index contributed by atoms with van der Waals surface area (Å²) in [7, 11) is 0. The Hall–Kier alpha value is -0.120. The smallest absolute Gasteiger partial charge is 0.0516 e. The molecular formula is C12H24N2O. The maximum absolute atomic E-state index is 5.74. The molecule has 2 aliphatic rings. The van der Waals surface area contributed by atoms with E-state index >= 15 is 0 Å². The Morgan fingerprint density at radius 2 is 2.00 bits per heavy atom. The first kappa shape index (κ1) is 11.4. The molecule has 1 unspecified atom stereocenters. The van der Waals surface area contributed by atoms with Gasteiger partial charge in [-0.3, -0.25) is 0 Å². The van der Waals surface area contributed by atoms with Crippen LogP contribution in [0.3, 0.4) is 0 Å². The zero-order chi connectivity index (χ0) is 10.5. The zero-order valence-electron chi connectivity index (χ0n) is 9.66. The van der Waals surface area contributed by atoms with Crippen molar-refractivity contribution < 1.29 is 4.74 Å². The number of rotatable bonds is 4. The molecule has 0 bridgehead atoms. The molecule has 2 saturated heterocycles. The Kier molecular flexibility index (Phi) is 4.42. The molecule has 88 valence electrons. The lowest BCUT2D eigenvalue weighted by Gasteiger charge is -2.29. The third kappa shape index (κ3) is 3.44. The van der Waals surface area contributed by atoms with Gasteiger partial charge in [0, 0.05) is 5.92 Å². The van der Waals surface area contributed by atoms with Gasteiger partial charge in [-0.15, -0.1) is 0 Å². The summed E-state index contributed by atoms with van der Waals surface area (Å²) >= 11 is 0. The van der Waals surface area contributed by atoms with Crippen molar-refractivity contribution in [2.24, 2.45) is 17.6 Å². The predicted molar refractivity (Wildman–Crippen MR) is 61.8 cm³/mol. The number of hydrogen-bond donors (Lipinski definition) is 1. The molecule has 1 atom stereocenters. The lowest BCUT2D eigenvalue weighted by Crippen LogP contribution is -2.33. The molecule has 2 N–H and O–H groups in total. The van der Waals surface area contributed by atoms with E-state index < -0.39 is 0 Å². The summed E-state index contributed by atoms with van der Waals surface area (Å²) in [6, 6.07) is 0. The van der Waals surface area contributed by atoms with Crippen LogP contribution in [0.25, 0.3) is 0 Å². The van der Waals surface area contributed by atoms with E-state index in [9.17, 15) is 0 Å². The van der Waals surface area contributed by atoms with Crippen LogP contribution in [0.2, 0.25) is 0 Å². The van der Waals surface area contributed by atoms with Crippen LogP contribution in [0.5, 0.6) is 0 Å². The highest BCUT2D eigenvalue weighted by Gasteiger charge is 2.20. The molecule has 2 aliphatic heterocycles. The summed E-state index contributed by atoms with van der Waals surface area (Å²) in [6.07, 6.45) is 5.30. The van der Waals surface area contributed by atoms with E-state index in [-0.39, 0.29) is 0 Å². The molecule has 2 fully saturated rings. The van der Waals surface area contributed by atoms with E-state index in [0.717, 1.165) is 31.6 Å². The summed E-state index contributed by atoms with van der Waals surface area (Å²) in [5.74, 6) is 1.63. The van der Waals surface area contributed by atoms with Crippen LogP contribution in [0.1, 0.15) is 25.7 Å². The molecule has 0 aliphatic carbocycles. The maximum atomic E-state index is 5.74. The molecule has 0 saturated carbocycles. The van der Waals surface area contributed by atoms with Crippen LogP contribution in [0, 0.1) is 11.8 Å². The van der Waals surface area contributed by atoms with Crippen molar-refractivity contribution in [2.45, 2.75) is 25.7 Å². The Labute approximate surface area is 93.0 Å². The Bertz CT molecular complexity index is 182. The third-order valence-electron chi connectivity index (χ3n) is 3.83. The monoisotopic (exact) mass is 212 g/mol. The van der Waals surface area contributed by atoms with Gasteiger partial charge in [0.25, 0.3) is 0 Å². The predicted octanol–water partition coefficient (Wildman–Crippen LogP) is 1.08. The molecule has 2 rings (SSSR count). The van der Waals surface area contributed by atoms with Gasteiger partial charge < -0.3 is 15.4 Å². The van der Waals surface area contributed by atoms with Gasteiger partial charge in [0.05, 0.1) is 13.2 Å². The fourth-order valence-corrected chi connectivity index (χ4v) is 2.50. The molecule has 0 aromatic carbocycles. The minimum Gasteiger partial charge on any atom is -0.381 e. The lowest BCUT2D eigenvalue weighted by molar-refractivity contribution is -0.0388. The average Bonchev–Trinajstić information content (AvgIpc) is 2.40. The molecule has 0 spiro atoms. The summed E-state index contributed by atoms with van der Waals surface area (Å²) in [5, 5.41) is 0. The second-order valence-electron chi connectivity index (χ2n) is 5.07. The second kappa shape index (κ2) is 5.83. The Morgan fingerprint density at radius 1 is 1.13 bits per heavy atom. The first-order valence-corrected chi connectivity index (χ1v) is 6.38. The molecule has 15 heavy (non-hydrogen) atoms. The van der Waals surface area contributed by atoms with E-state index in [1.54, 1.807) is 0 Å². The van der Waals surface area contributed by atoms with Gasteiger partial charge in [-0.25, -0.2) is 0 Å². The molecule has 3 heteroatoms. The minimum atomic E-state index is 0.780. The van der Waals surface area contributed by atoms with E-state index in [1.807, 2.05) is 0 Å². The number of hydrogen-bond acceptors (Lipinski definition) is 3. The van der Waals surface area contributed by atoms with Gasteiger partial charge >= 0.3 is 0 Å². The molecule has 0 aromatic heterocycles. The molecule has 0 radical (unpaired) electrons. The Morgan fingerprint density at radius 3 is 2.67 bits per heavy atom. The first-order valence-electron chi connectivity index (χ1n) is 6.38. The highest BCUT2D eigenvalue weighted by Crippen LogP contribution is 2.19. The van der Waals surface area contributed by atoms with E-state index in [4.69, 9.17) is 10.5 Å². The minimum absolute atomic E-state index is 0.780. The van der Waals surface area contributed by atoms with Gasteiger partial charge in [0.15, 0.2) is 0 Å². The summed E-state index contributed by atoms with van der Waals surface area (Å²) in [5.41, 5.74) is 5.74. The number of likely N-dealkylation sites (tertiary alicyclic amines) is 1. The SMILES string of the molecule is NCC1CCCN(CCC2COC2)CC1. The fourth-order valence-electron chi connectivity index (χ4n) is 2.50. The number of nitrogens with two attached hydrogens (primary N) is 1. The van der Waals surface area contributed by atoms with Crippen LogP contribution < -0.4 is 5.73 Å². The van der Waals surface area contributed by atoms with Crippen molar-refractivity contribution in [3.05, 3.63) is 0 Å². The van der Waals surface area contributed by atoms with Crippen LogP contribution in [0.15, 0.2) is 0 Å². The van der Waals surface area contributed by atoms with Gasteiger partial charge in [0.2, 0.25) is 0 Å². The van der Waals surface area contributed by atoms with Gasteiger partial charge in [-0.05, 0) is 57.8 Å². The van der Waals surface area contributed by atoms with Crippen LogP contribution in [0.4, 0.5) is 0 Å². The van der Waals surface area contributed by atoms with E-state index in [2.05, 4.69) is 4.90 Å². The standard InChI is InChI=1S/C12H24N2O/c13-8-11-2-1-5-14(6-3-11)7-4-12-9-15-10-12/h11-12H,1-10,13H2. The normalized spacial score (nSPS) is 29.8. The zero-order valence-corrected chi connectivity index (χ0v) is 9.66. The third-order valence-corrected chi connectivity index (χ3v) is 3.83. The maximum Gasteiger partial charge on any atom is 0.0516 e. The van der Waals surface area contributed by atoms with Crippen molar-refractivity contribution >= 4 is 0 Å². The van der Waals surface area contributed by atoms with Gasteiger partial charge in [-0.1, -0.05) is 0 Å². The van der Waals surface area contributed by atoms with Crippen molar-refractivity contribution in [3.63, 3.8) is 0 Å². The molecule has 0 aromatic rings. The van der Waals surface area contributed by atoms with Crippen molar-refractivity contribution in [1.29, 1.82) is 0 Å². The Balaban J connectivity index is 1.64. The quantitative estimate of drug-likeness (QED) is 0.758. The molecule has 0 amide bonds. The summed E-state index contributed by atoms with van der Waals surface area (Å²) in [4.78, 5) is 2.62. The summed E-state index contributed by atoms with van der Waals surface area (Å²) in [6.45, 7) is 6.69. The van der Waals surface area contributed by atoms with Crippen LogP contribution in [-0.2, 0) is 4.74 Å². The van der Waals surface area contributed by atoms with Crippen molar-refractivity contribution in [1.82, 2.24) is 4.90 Å².